The second kappa shape index (κ2) is 5.99. The van der Waals surface area contributed by atoms with Gasteiger partial charge in [0.2, 0.25) is 0 Å². The van der Waals surface area contributed by atoms with E-state index in [2.05, 4.69) is 50.0 Å². The molecule has 164 valence electrons. The fraction of sp³-hybridized carbons (Fsp3) is 0.800. The minimum Gasteiger partial charge on any atom is -0.393 e. The van der Waals surface area contributed by atoms with Crippen molar-refractivity contribution in [2.75, 3.05) is 0 Å². The monoisotopic (exact) mass is 412 g/mol. The van der Waals surface area contributed by atoms with Gasteiger partial charge in [-0.15, -0.1) is 0 Å². The Bertz CT molecular complexity index is 879. The molecular weight excluding hydrogens is 376 g/mol. The molecule has 0 aromatic carbocycles. The smallest absolute Gasteiger partial charge is 0.164 e. The molecule has 30 heavy (non-hydrogen) atoms. The number of hydrogen-bond acceptors (Lipinski definition) is 4. The van der Waals surface area contributed by atoms with Crippen molar-refractivity contribution in [3.05, 3.63) is 29.6 Å². The molecule has 4 aliphatic carbocycles. The number of allylic oxidation sites excluding steroid dienone is 1. The van der Waals surface area contributed by atoms with Gasteiger partial charge in [0.25, 0.3) is 0 Å². The number of aliphatic hydroxyl groups is 1. The molecule has 1 aliphatic heterocycles. The fourth-order valence-corrected chi connectivity index (χ4v) is 8.69. The lowest BCUT2D eigenvalue weighted by Crippen LogP contribution is -2.55. The summed E-state index contributed by atoms with van der Waals surface area (Å²) in [5.74, 6) is 1.36. The maximum absolute atomic E-state index is 10.3. The van der Waals surface area contributed by atoms with Gasteiger partial charge in [-0.2, -0.15) is 5.10 Å². The van der Waals surface area contributed by atoms with Crippen LogP contribution in [0.15, 0.2) is 23.9 Å². The van der Waals surface area contributed by atoms with E-state index in [1.54, 1.807) is 0 Å². The lowest BCUT2D eigenvalue weighted by Gasteiger charge is -2.59. The van der Waals surface area contributed by atoms with Crippen LogP contribution in [0.1, 0.15) is 78.3 Å². The van der Waals surface area contributed by atoms with Crippen LogP contribution in [-0.4, -0.2) is 33.3 Å². The van der Waals surface area contributed by atoms with Gasteiger partial charge in [0, 0.05) is 11.6 Å². The molecule has 8 atom stereocenters. The summed E-state index contributed by atoms with van der Waals surface area (Å²) in [5.41, 5.74) is 2.44. The van der Waals surface area contributed by atoms with Crippen molar-refractivity contribution in [3.63, 3.8) is 0 Å². The third-order valence-electron chi connectivity index (χ3n) is 9.97. The number of aliphatic hydroxyl groups excluding tert-OH is 1. The van der Waals surface area contributed by atoms with Gasteiger partial charge in [-0.25, -0.2) is 0 Å². The molecule has 0 amide bonds. The topological polar surface area (TPSA) is 67.4 Å². The van der Waals surface area contributed by atoms with Crippen LogP contribution >= 0.6 is 0 Å². The van der Waals surface area contributed by atoms with Crippen LogP contribution in [0.25, 0.3) is 0 Å². The molecule has 0 radical (unpaired) electrons. The highest BCUT2D eigenvalue weighted by molar-refractivity contribution is 5.31. The number of aromatic nitrogens is 2. The average molecular weight is 413 g/mol. The molecule has 8 unspecified atom stereocenters. The Morgan fingerprint density at radius 2 is 1.97 bits per heavy atom. The van der Waals surface area contributed by atoms with E-state index in [0.717, 1.165) is 44.2 Å². The first-order valence-corrected chi connectivity index (χ1v) is 11.9. The van der Waals surface area contributed by atoms with Crippen molar-refractivity contribution in [1.29, 1.82) is 0 Å². The highest BCUT2D eigenvalue weighted by atomic mass is 16.8. The summed E-state index contributed by atoms with van der Waals surface area (Å²) in [5, 5.41) is 17.8. The molecule has 5 heteroatoms. The Balaban J connectivity index is 1.42. The van der Waals surface area contributed by atoms with Gasteiger partial charge in [0.1, 0.15) is 5.60 Å². The van der Waals surface area contributed by atoms with Crippen molar-refractivity contribution in [1.82, 2.24) is 10.2 Å². The molecule has 0 spiro atoms. The van der Waals surface area contributed by atoms with Gasteiger partial charge in [0.05, 0.1) is 17.9 Å². The number of ether oxygens (including phenoxy) is 2. The van der Waals surface area contributed by atoms with E-state index < -0.39 is 11.4 Å². The zero-order valence-corrected chi connectivity index (χ0v) is 18.8. The number of fused-ring (bicyclic) bond motifs is 7. The molecule has 1 aromatic rings. The highest BCUT2D eigenvalue weighted by Crippen LogP contribution is 2.72. The van der Waals surface area contributed by atoms with Crippen LogP contribution in [0.2, 0.25) is 0 Å². The third-order valence-corrected chi connectivity index (χ3v) is 9.97. The first kappa shape index (κ1) is 19.5. The number of nitrogens with one attached hydrogen (secondary N) is 1. The van der Waals surface area contributed by atoms with E-state index in [9.17, 15) is 5.11 Å². The molecule has 0 bridgehead atoms. The summed E-state index contributed by atoms with van der Waals surface area (Å²) in [6.07, 6.45) is 11.8. The first-order chi connectivity index (χ1) is 14.2. The predicted octanol–water partition coefficient (Wildman–Crippen LogP) is 4.69. The van der Waals surface area contributed by atoms with Crippen molar-refractivity contribution < 1.29 is 14.6 Å². The Kier molecular flexibility index (Phi) is 3.90. The van der Waals surface area contributed by atoms with Gasteiger partial charge in [-0.3, -0.25) is 5.10 Å². The maximum atomic E-state index is 10.3. The van der Waals surface area contributed by atoms with E-state index in [1.807, 2.05) is 6.20 Å². The Morgan fingerprint density at radius 3 is 2.73 bits per heavy atom. The summed E-state index contributed by atoms with van der Waals surface area (Å²) in [4.78, 5) is 0. The fourth-order valence-electron chi connectivity index (χ4n) is 8.69. The van der Waals surface area contributed by atoms with Crippen LogP contribution in [0.3, 0.4) is 0 Å². The van der Waals surface area contributed by atoms with Gasteiger partial charge in [-0.1, -0.05) is 25.5 Å². The second-order valence-electron chi connectivity index (χ2n) is 11.7. The summed E-state index contributed by atoms with van der Waals surface area (Å²) < 4.78 is 13.4. The lowest BCUT2D eigenvalue weighted by molar-refractivity contribution is -0.220. The molecule has 6 rings (SSSR count). The molecular formula is C25H36N2O3. The molecule has 5 nitrogen and oxygen atoms in total. The van der Waals surface area contributed by atoms with E-state index in [0.29, 0.717) is 17.8 Å². The quantitative estimate of drug-likeness (QED) is 0.657. The molecule has 5 aliphatic rings. The van der Waals surface area contributed by atoms with E-state index in [1.165, 1.54) is 12.0 Å². The largest absolute Gasteiger partial charge is 0.393 e. The summed E-state index contributed by atoms with van der Waals surface area (Å²) in [7, 11) is 0. The summed E-state index contributed by atoms with van der Waals surface area (Å²) >= 11 is 0. The minimum absolute atomic E-state index is 0.0228. The van der Waals surface area contributed by atoms with Gasteiger partial charge < -0.3 is 14.6 Å². The molecule has 2 N–H and O–H groups in total. The number of nitrogens with zero attached hydrogens (tertiary/aromatic N) is 1. The third kappa shape index (κ3) is 2.27. The zero-order chi connectivity index (χ0) is 20.9. The Labute approximate surface area is 179 Å². The van der Waals surface area contributed by atoms with Gasteiger partial charge >= 0.3 is 0 Å². The molecule has 4 fully saturated rings. The maximum Gasteiger partial charge on any atom is 0.164 e. The van der Waals surface area contributed by atoms with E-state index in [4.69, 9.17) is 9.47 Å². The van der Waals surface area contributed by atoms with Crippen LogP contribution in [0.5, 0.6) is 0 Å². The van der Waals surface area contributed by atoms with Crippen LogP contribution in [-0.2, 0) is 15.1 Å². The summed E-state index contributed by atoms with van der Waals surface area (Å²) in [6, 6.07) is 2.10. The van der Waals surface area contributed by atoms with Crippen LogP contribution in [0.4, 0.5) is 0 Å². The van der Waals surface area contributed by atoms with E-state index in [-0.39, 0.29) is 23.0 Å². The standard InChI is InChI=1S/C25H36N2O3/c1-22(2)29-21-14-19-17-6-5-15-13-16(28)7-10-23(15,3)18(17)8-11-24(19,4)25(21,30-22)20-9-12-26-27-20/h5,9,12,16-19,21,28H,6-8,10-11,13-14H2,1-4H3,(H,26,27). The average Bonchev–Trinajstić information content (AvgIpc) is 3.35. The van der Waals surface area contributed by atoms with Crippen molar-refractivity contribution in [2.24, 2.45) is 28.6 Å². The Hall–Kier alpha value is -1.17. The van der Waals surface area contributed by atoms with Crippen molar-refractivity contribution >= 4 is 0 Å². The molecule has 3 saturated carbocycles. The van der Waals surface area contributed by atoms with Crippen molar-refractivity contribution in [2.45, 2.75) is 96.2 Å². The number of hydrogen-bond donors (Lipinski definition) is 2. The molecule has 1 aromatic heterocycles. The molecule has 1 saturated heterocycles. The number of H-pyrrole nitrogens is 1. The van der Waals surface area contributed by atoms with Gasteiger partial charge in [-0.05, 0) is 88.0 Å². The minimum atomic E-state index is -0.578. The van der Waals surface area contributed by atoms with Crippen LogP contribution < -0.4 is 0 Å². The lowest BCUT2D eigenvalue weighted by atomic mass is 9.46. The number of aromatic amines is 1. The van der Waals surface area contributed by atoms with Gasteiger partial charge in [0.15, 0.2) is 5.79 Å². The molecule has 2 heterocycles. The second-order valence-corrected chi connectivity index (χ2v) is 11.7. The van der Waals surface area contributed by atoms with E-state index >= 15 is 0 Å². The number of rotatable bonds is 1. The predicted molar refractivity (Wildman–Crippen MR) is 113 cm³/mol. The zero-order valence-electron chi connectivity index (χ0n) is 18.8. The highest BCUT2D eigenvalue weighted by Gasteiger charge is 2.74. The first-order valence-electron chi connectivity index (χ1n) is 11.9. The van der Waals surface area contributed by atoms with Crippen LogP contribution in [0, 0.1) is 28.6 Å². The van der Waals surface area contributed by atoms with Crippen molar-refractivity contribution in [3.8, 4) is 0 Å². The summed E-state index contributed by atoms with van der Waals surface area (Å²) in [6.45, 7) is 9.06. The Morgan fingerprint density at radius 1 is 1.13 bits per heavy atom. The SMILES string of the molecule is CC1(C)OC2CC3C4CC=C5CC(O)CCC5(C)C4CCC3(C)C2(c2ccn[nH]2)O1. The normalized spacial score (nSPS) is 51.5.